The van der Waals surface area contributed by atoms with Gasteiger partial charge in [0.15, 0.2) is 0 Å². The van der Waals surface area contributed by atoms with E-state index in [9.17, 15) is 4.79 Å². The predicted molar refractivity (Wildman–Crippen MR) is 77.4 cm³/mol. The van der Waals surface area contributed by atoms with Crippen LogP contribution in [0.2, 0.25) is 0 Å². The molecule has 1 amide bonds. The third-order valence-electron chi connectivity index (χ3n) is 4.44. The van der Waals surface area contributed by atoms with Crippen molar-refractivity contribution in [2.45, 2.75) is 53.9 Å². The highest BCUT2D eigenvalue weighted by atomic mass is 16.2. The highest BCUT2D eigenvalue weighted by Gasteiger charge is 2.32. The van der Waals surface area contributed by atoms with Crippen molar-refractivity contribution < 1.29 is 4.79 Å². The van der Waals surface area contributed by atoms with E-state index in [-0.39, 0.29) is 11.8 Å². The van der Waals surface area contributed by atoms with E-state index in [1.165, 1.54) is 17.6 Å². The first-order valence-corrected chi connectivity index (χ1v) is 7.04. The summed E-state index contributed by atoms with van der Waals surface area (Å²) < 4.78 is 0. The Balaban J connectivity index is 2.90. The van der Waals surface area contributed by atoms with Crippen LogP contribution in [0.25, 0.3) is 0 Å². The molecule has 2 nitrogen and oxygen atoms in total. The molecule has 0 fully saturated rings. The molecule has 1 aliphatic carbocycles. The van der Waals surface area contributed by atoms with E-state index >= 15 is 0 Å². The molecule has 0 N–H and O–H groups in total. The number of allylic oxidation sites excluding steroid dienone is 1. The van der Waals surface area contributed by atoms with E-state index in [1.807, 2.05) is 14.1 Å². The van der Waals surface area contributed by atoms with E-state index in [0.29, 0.717) is 11.3 Å². The molecule has 0 aromatic heterocycles. The van der Waals surface area contributed by atoms with Gasteiger partial charge < -0.3 is 4.90 Å². The van der Waals surface area contributed by atoms with E-state index in [1.54, 1.807) is 4.90 Å². The zero-order valence-electron chi connectivity index (χ0n) is 13.1. The molecule has 1 rings (SSSR count). The molecule has 18 heavy (non-hydrogen) atoms. The minimum atomic E-state index is 0.0464. The van der Waals surface area contributed by atoms with Crippen molar-refractivity contribution in [1.29, 1.82) is 0 Å². The second-order valence-electron chi connectivity index (χ2n) is 7.07. The Morgan fingerprint density at radius 3 is 2.33 bits per heavy atom. The average Bonchev–Trinajstić information content (AvgIpc) is 2.26. The van der Waals surface area contributed by atoms with Crippen molar-refractivity contribution in [3.63, 3.8) is 0 Å². The molecule has 0 spiro atoms. The third kappa shape index (κ3) is 3.37. The summed E-state index contributed by atoms with van der Waals surface area (Å²) in [6, 6.07) is 0. The molecule has 0 aliphatic heterocycles. The lowest BCUT2D eigenvalue weighted by molar-refractivity contribution is -0.131. The molecule has 2 heteroatoms. The van der Waals surface area contributed by atoms with E-state index in [4.69, 9.17) is 0 Å². The Labute approximate surface area is 112 Å². The Morgan fingerprint density at radius 2 is 1.89 bits per heavy atom. The second-order valence-corrected chi connectivity index (χ2v) is 7.07. The van der Waals surface area contributed by atoms with Gasteiger partial charge in [-0.05, 0) is 44.4 Å². The zero-order valence-corrected chi connectivity index (χ0v) is 13.1. The van der Waals surface area contributed by atoms with Crippen LogP contribution < -0.4 is 0 Å². The molecular formula is C16H29NO. The molecule has 0 saturated carbocycles. The van der Waals surface area contributed by atoms with Gasteiger partial charge in [0, 0.05) is 14.1 Å². The quantitative estimate of drug-likeness (QED) is 0.682. The topological polar surface area (TPSA) is 20.3 Å². The van der Waals surface area contributed by atoms with Crippen LogP contribution in [0.5, 0.6) is 0 Å². The van der Waals surface area contributed by atoms with Gasteiger partial charge in [-0.3, -0.25) is 4.79 Å². The number of amides is 1. The first kappa shape index (κ1) is 15.3. The fourth-order valence-electron chi connectivity index (χ4n) is 2.91. The van der Waals surface area contributed by atoms with Crippen LogP contribution in [0.3, 0.4) is 0 Å². The Bertz CT molecular complexity index is 347. The summed E-state index contributed by atoms with van der Waals surface area (Å²) in [5, 5.41) is 0. The number of hydrogen-bond donors (Lipinski definition) is 0. The van der Waals surface area contributed by atoms with Crippen LogP contribution in [-0.4, -0.2) is 24.9 Å². The summed E-state index contributed by atoms with van der Waals surface area (Å²) in [6.07, 6.45) is 3.51. The molecule has 1 aliphatic rings. The maximum atomic E-state index is 12.1. The minimum absolute atomic E-state index is 0.0464. The summed E-state index contributed by atoms with van der Waals surface area (Å²) >= 11 is 0. The first-order valence-electron chi connectivity index (χ1n) is 7.04. The Kier molecular flexibility index (Phi) is 4.63. The van der Waals surface area contributed by atoms with Gasteiger partial charge in [-0.2, -0.15) is 0 Å². The lowest BCUT2D eigenvalue weighted by atomic mass is 9.69. The molecule has 0 heterocycles. The number of carbonyl (C=O) groups excluding carboxylic acids is 1. The second kappa shape index (κ2) is 5.46. The highest BCUT2D eigenvalue weighted by molar-refractivity contribution is 5.81. The molecule has 1 unspecified atom stereocenters. The van der Waals surface area contributed by atoms with Crippen molar-refractivity contribution in [2.75, 3.05) is 14.1 Å². The van der Waals surface area contributed by atoms with Crippen molar-refractivity contribution in [2.24, 2.45) is 17.3 Å². The van der Waals surface area contributed by atoms with Gasteiger partial charge in [0.2, 0.25) is 5.91 Å². The molecule has 0 aromatic carbocycles. The fraction of sp³-hybridized carbons (Fsp3) is 0.812. The maximum Gasteiger partial charge on any atom is 0.228 e. The average molecular weight is 251 g/mol. The van der Waals surface area contributed by atoms with E-state index in [0.717, 1.165) is 12.8 Å². The summed E-state index contributed by atoms with van der Waals surface area (Å²) in [6.45, 7) is 11.2. The Morgan fingerprint density at radius 1 is 1.33 bits per heavy atom. The number of hydrogen-bond acceptors (Lipinski definition) is 1. The van der Waals surface area contributed by atoms with Crippen molar-refractivity contribution in [3.05, 3.63) is 11.1 Å². The summed E-state index contributed by atoms with van der Waals surface area (Å²) in [5.41, 5.74) is 3.17. The molecule has 0 aromatic rings. The lowest BCUT2D eigenvalue weighted by Crippen LogP contribution is -2.32. The minimum Gasteiger partial charge on any atom is -0.348 e. The predicted octanol–water partition coefficient (Wildman–Crippen LogP) is 3.87. The zero-order chi connectivity index (χ0) is 14.1. The van der Waals surface area contributed by atoms with Gasteiger partial charge in [0.25, 0.3) is 0 Å². The van der Waals surface area contributed by atoms with Gasteiger partial charge in [-0.15, -0.1) is 0 Å². The lowest BCUT2D eigenvalue weighted by Gasteiger charge is -2.37. The van der Waals surface area contributed by atoms with Gasteiger partial charge in [0.05, 0.1) is 5.92 Å². The molecule has 0 bridgehead atoms. The summed E-state index contributed by atoms with van der Waals surface area (Å²) in [7, 11) is 3.69. The summed E-state index contributed by atoms with van der Waals surface area (Å²) in [5.74, 6) is 0.984. The van der Waals surface area contributed by atoms with Crippen LogP contribution in [0.4, 0.5) is 0 Å². The van der Waals surface area contributed by atoms with Crippen LogP contribution in [0.15, 0.2) is 11.1 Å². The fourth-order valence-corrected chi connectivity index (χ4v) is 2.91. The third-order valence-corrected chi connectivity index (χ3v) is 4.44. The summed E-state index contributed by atoms with van der Waals surface area (Å²) in [4.78, 5) is 13.8. The van der Waals surface area contributed by atoms with E-state index in [2.05, 4.69) is 34.6 Å². The maximum absolute atomic E-state index is 12.1. The van der Waals surface area contributed by atoms with Crippen LogP contribution in [0, 0.1) is 17.3 Å². The molecular weight excluding hydrogens is 222 g/mol. The molecule has 2 atom stereocenters. The van der Waals surface area contributed by atoms with E-state index < -0.39 is 0 Å². The first-order chi connectivity index (χ1) is 8.14. The largest absolute Gasteiger partial charge is 0.348 e. The van der Waals surface area contributed by atoms with Gasteiger partial charge in [-0.25, -0.2) is 0 Å². The van der Waals surface area contributed by atoms with Crippen molar-refractivity contribution >= 4 is 5.91 Å². The van der Waals surface area contributed by atoms with Gasteiger partial charge >= 0.3 is 0 Å². The van der Waals surface area contributed by atoms with Crippen LogP contribution >= 0.6 is 0 Å². The normalized spacial score (nSPS) is 22.9. The Hall–Kier alpha value is -0.790. The van der Waals surface area contributed by atoms with Crippen LogP contribution in [-0.2, 0) is 4.79 Å². The monoisotopic (exact) mass is 251 g/mol. The number of carbonyl (C=O) groups is 1. The van der Waals surface area contributed by atoms with Crippen molar-refractivity contribution in [3.8, 4) is 0 Å². The van der Waals surface area contributed by atoms with Crippen LogP contribution in [0.1, 0.15) is 53.9 Å². The SMILES string of the molecule is CC1=C(C(C)C(=O)N(C)C)C[C@H](C(C)(C)C)CC1. The van der Waals surface area contributed by atoms with Crippen molar-refractivity contribution in [1.82, 2.24) is 4.90 Å². The molecule has 104 valence electrons. The van der Waals surface area contributed by atoms with Gasteiger partial charge in [-0.1, -0.05) is 31.9 Å². The highest BCUT2D eigenvalue weighted by Crippen LogP contribution is 2.42. The molecule has 0 radical (unpaired) electrons. The standard InChI is InChI=1S/C16H29NO/c1-11-8-9-13(16(3,4)5)10-14(11)12(2)15(18)17(6)7/h12-13H,8-10H2,1-7H3/t12?,13-/m1/s1. The smallest absolute Gasteiger partial charge is 0.228 e. The molecule has 0 saturated heterocycles. The number of nitrogens with zero attached hydrogens (tertiary/aromatic N) is 1. The number of rotatable bonds is 2. The van der Waals surface area contributed by atoms with Gasteiger partial charge in [0.1, 0.15) is 0 Å².